The van der Waals surface area contributed by atoms with Crippen molar-refractivity contribution >= 4 is 5.69 Å². The van der Waals surface area contributed by atoms with Crippen molar-refractivity contribution < 1.29 is 4.39 Å². The van der Waals surface area contributed by atoms with Gasteiger partial charge in [0, 0.05) is 11.1 Å². The van der Waals surface area contributed by atoms with Crippen LogP contribution in [0.2, 0.25) is 0 Å². The van der Waals surface area contributed by atoms with Crippen molar-refractivity contribution in [3.05, 3.63) is 29.8 Å². The maximum Gasteiger partial charge on any atom is 0.115 e. The second-order valence-corrected chi connectivity index (χ2v) is 5.03. The molecule has 1 aliphatic rings. The number of alkyl halides is 1. The zero-order valence-electron chi connectivity index (χ0n) is 9.39. The fraction of sp³-hybridized carbons (Fsp3) is 0.538. The Kier molecular flexibility index (Phi) is 2.25. The predicted molar refractivity (Wildman–Crippen MR) is 61.6 cm³/mol. The van der Waals surface area contributed by atoms with Gasteiger partial charge in [0.1, 0.15) is 5.67 Å². The lowest BCUT2D eigenvalue weighted by atomic mass is 9.57. The van der Waals surface area contributed by atoms with E-state index in [-0.39, 0.29) is 5.41 Å². The SMILES string of the molecule is CC(C)(F)C1(c2ccc(N)cc2)CCC1. The highest BCUT2D eigenvalue weighted by atomic mass is 19.1. The normalized spacial score (nSPS) is 19.7. The van der Waals surface area contributed by atoms with Crippen molar-refractivity contribution in [2.45, 2.75) is 44.2 Å². The summed E-state index contributed by atoms with van der Waals surface area (Å²) in [7, 11) is 0. The molecule has 0 radical (unpaired) electrons. The molecule has 0 heterocycles. The van der Waals surface area contributed by atoms with Gasteiger partial charge in [-0.1, -0.05) is 18.6 Å². The first-order chi connectivity index (χ1) is 6.96. The molecule has 1 nitrogen and oxygen atoms in total. The molecule has 2 rings (SSSR count). The van der Waals surface area contributed by atoms with Gasteiger partial charge in [0.05, 0.1) is 0 Å². The van der Waals surface area contributed by atoms with Crippen molar-refractivity contribution in [2.75, 3.05) is 5.73 Å². The Balaban J connectivity index is 2.39. The minimum absolute atomic E-state index is 0.277. The minimum atomic E-state index is -1.15. The number of hydrogen-bond acceptors (Lipinski definition) is 1. The Hall–Kier alpha value is -1.05. The molecule has 0 atom stereocenters. The van der Waals surface area contributed by atoms with Gasteiger partial charge in [0.15, 0.2) is 0 Å². The standard InChI is InChI=1S/C13H18FN/c1-12(2,14)13(8-3-9-13)10-4-6-11(15)7-5-10/h4-7H,3,8-9,15H2,1-2H3. The highest BCUT2D eigenvalue weighted by Gasteiger charge is 2.51. The van der Waals surface area contributed by atoms with E-state index in [2.05, 4.69) is 0 Å². The molecule has 0 bridgehead atoms. The van der Waals surface area contributed by atoms with Crippen LogP contribution in [-0.4, -0.2) is 5.67 Å². The summed E-state index contributed by atoms with van der Waals surface area (Å²) in [5.74, 6) is 0. The Morgan fingerprint density at radius 2 is 1.73 bits per heavy atom. The number of nitrogen functional groups attached to an aromatic ring is 1. The lowest BCUT2D eigenvalue weighted by Gasteiger charge is -2.49. The van der Waals surface area contributed by atoms with Gasteiger partial charge in [0.25, 0.3) is 0 Å². The van der Waals surface area contributed by atoms with Gasteiger partial charge in [-0.05, 0) is 44.4 Å². The smallest absolute Gasteiger partial charge is 0.115 e. The maximum absolute atomic E-state index is 14.2. The number of rotatable bonds is 2. The van der Waals surface area contributed by atoms with Crippen LogP contribution in [0, 0.1) is 0 Å². The van der Waals surface area contributed by atoms with Crippen molar-refractivity contribution in [3.8, 4) is 0 Å². The third kappa shape index (κ3) is 1.52. The third-order valence-electron chi connectivity index (χ3n) is 3.81. The lowest BCUT2D eigenvalue weighted by Crippen LogP contribution is -2.49. The molecular formula is C13H18FN. The van der Waals surface area contributed by atoms with Crippen LogP contribution in [0.25, 0.3) is 0 Å². The summed E-state index contributed by atoms with van der Waals surface area (Å²) in [6.07, 6.45) is 3.01. The van der Waals surface area contributed by atoms with E-state index in [1.54, 1.807) is 13.8 Å². The van der Waals surface area contributed by atoms with E-state index in [1.807, 2.05) is 24.3 Å². The van der Waals surface area contributed by atoms with Crippen LogP contribution in [0.4, 0.5) is 10.1 Å². The summed E-state index contributed by atoms with van der Waals surface area (Å²) < 4.78 is 14.2. The van der Waals surface area contributed by atoms with Crippen LogP contribution in [0.3, 0.4) is 0 Å². The first-order valence-corrected chi connectivity index (χ1v) is 5.51. The van der Waals surface area contributed by atoms with Gasteiger partial charge >= 0.3 is 0 Å². The molecule has 82 valence electrons. The summed E-state index contributed by atoms with van der Waals surface area (Å²) in [5, 5.41) is 0. The molecule has 1 fully saturated rings. The molecule has 0 aromatic heterocycles. The topological polar surface area (TPSA) is 26.0 Å². The highest BCUT2D eigenvalue weighted by Crippen LogP contribution is 2.52. The first kappa shape index (κ1) is 10.5. The van der Waals surface area contributed by atoms with E-state index in [0.717, 1.165) is 30.5 Å². The molecule has 2 heteroatoms. The van der Waals surface area contributed by atoms with E-state index < -0.39 is 5.67 Å². The largest absolute Gasteiger partial charge is 0.399 e. The average molecular weight is 207 g/mol. The predicted octanol–water partition coefficient (Wildman–Crippen LogP) is 3.44. The van der Waals surface area contributed by atoms with E-state index in [0.29, 0.717) is 0 Å². The quantitative estimate of drug-likeness (QED) is 0.739. The highest BCUT2D eigenvalue weighted by molar-refractivity contribution is 5.43. The van der Waals surface area contributed by atoms with Gasteiger partial charge in [-0.2, -0.15) is 0 Å². The van der Waals surface area contributed by atoms with Gasteiger partial charge < -0.3 is 5.73 Å². The molecule has 1 saturated carbocycles. The van der Waals surface area contributed by atoms with Crippen LogP contribution in [-0.2, 0) is 5.41 Å². The summed E-state index contributed by atoms with van der Waals surface area (Å²) in [6.45, 7) is 3.37. The average Bonchev–Trinajstić information content (AvgIpc) is 2.03. The molecule has 0 aliphatic heterocycles. The molecule has 1 aliphatic carbocycles. The number of anilines is 1. The molecule has 0 spiro atoms. The zero-order valence-corrected chi connectivity index (χ0v) is 9.39. The second-order valence-electron chi connectivity index (χ2n) is 5.03. The molecule has 15 heavy (non-hydrogen) atoms. The van der Waals surface area contributed by atoms with Gasteiger partial charge in [-0.3, -0.25) is 0 Å². The number of halogens is 1. The van der Waals surface area contributed by atoms with Crippen LogP contribution in [0.1, 0.15) is 38.7 Å². The Bertz CT molecular complexity index is 344. The van der Waals surface area contributed by atoms with E-state index in [9.17, 15) is 4.39 Å². The van der Waals surface area contributed by atoms with Crippen molar-refractivity contribution in [1.82, 2.24) is 0 Å². The van der Waals surface area contributed by atoms with E-state index in [1.165, 1.54) is 0 Å². The van der Waals surface area contributed by atoms with Crippen molar-refractivity contribution in [1.29, 1.82) is 0 Å². The van der Waals surface area contributed by atoms with Crippen LogP contribution in [0.15, 0.2) is 24.3 Å². The van der Waals surface area contributed by atoms with Gasteiger partial charge in [0.2, 0.25) is 0 Å². The second kappa shape index (κ2) is 3.22. The number of hydrogen-bond donors (Lipinski definition) is 1. The maximum atomic E-state index is 14.2. The Morgan fingerprint density at radius 3 is 2.07 bits per heavy atom. The number of nitrogens with two attached hydrogens (primary N) is 1. The summed E-state index contributed by atoms with van der Waals surface area (Å²) in [6, 6.07) is 7.66. The fourth-order valence-electron chi connectivity index (χ4n) is 2.56. The van der Waals surface area contributed by atoms with E-state index >= 15 is 0 Å². The van der Waals surface area contributed by atoms with Crippen molar-refractivity contribution in [2.24, 2.45) is 0 Å². The van der Waals surface area contributed by atoms with Gasteiger partial charge in [-0.15, -0.1) is 0 Å². The minimum Gasteiger partial charge on any atom is -0.399 e. The third-order valence-corrected chi connectivity index (χ3v) is 3.81. The van der Waals surface area contributed by atoms with Crippen molar-refractivity contribution in [3.63, 3.8) is 0 Å². The summed E-state index contributed by atoms with van der Waals surface area (Å²) in [4.78, 5) is 0. The monoisotopic (exact) mass is 207 g/mol. The fourth-order valence-corrected chi connectivity index (χ4v) is 2.56. The Morgan fingerprint density at radius 1 is 1.20 bits per heavy atom. The Labute approximate surface area is 90.5 Å². The molecule has 1 aromatic rings. The van der Waals surface area contributed by atoms with Crippen LogP contribution in [0.5, 0.6) is 0 Å². The van der Waals surface area contributed by atoms with Crippen LogP contribution < -0.4 is 5.73 Å². The first-order valence-electron chi connectivity index (χ1n) is 5.51. The lowest BCUT2D eigenvalue weighted by molar-refractivity contribution is 0.0268. The summed E-state index contributed by atoms with van der Waals surface area (Å²) >= 11 is 0. The zero-order chi connectivity index (χ0) is 11.1. The number of benzene rings is 1. The van der Waals surface area contributed by atoms with E-state index in [4.69, 9.17) is 5.73 Å². The molecule has 0 unspecified atom stereocenters. The van der Waals surface area contributed by atoms with Crippen LogP contribution >= 0.6 is 0 Å². The molecular weight excluding hydrogens is 189 g/mol. The molecule has 1 aromatic carbocycles. The van der Waals surface area contributed by atoms with Gasteiger partial charge in [-0.25, -0.2) is 4.39 Å². The molecule has 0 amide bonds. The summed E-state index contributed by atoms with van der Waals surface area (Å²) in [5.41, 5.74) is 6.05. The molecule has 2 N–H and O–H groups in total. The molecule has 0 saturated heterocycles.